The summed E-state index contributed by atoms with van der Waals surface area (Å²) in [6.07, 6.45) is -0.122. The Morgan fingerprint density at radius 2 is 1.79 bits per heavy atom. The van der Waals surface area contributed by atoms with Crippen LogP contribution in [-0.2, 0) is 0 Å². The molecule has 0 aromatic heterocycles. The summed E-state index contributed by atoms with van der Waals surface area (Å²) in [6, 6.07) is 12.3. The van der Waals surface area contributed by atoms with E-state index in [9.17, 15) is 15.0 Å². The summed E-state index contributed by atoms with van der Waals surface area (Å²) >= 11 is 0. The molecule has 24 heavy (non-hydrogen) atoms. The van der Waals surface area contributed by atoms with Crippen LogP contribution in [0.15, 0.2) is 42.5 Å². The average molecular weight is 350 g/mol. The minimum Gasteiger partial charge on any atom is -1.00 e. The summed E-state index contributed by atoms with van der Waals surface area (Å²) in [5.41, 5.74) is 3.77. The molecule has 1 unspecified atom stereocenters. The largest absolute Gasteiger partial charge is 1.00 e. The van der Waals surface area contributed by atoms with Gasteiger partial charge in [0.25, 0.3) is 0 Å². The molecule has 0 heterocycles. The van der Waals surface area contributed by atoms with Crippen molar-refractivity contribution in [1.82, 2.24) is 0 Å². The number of phenolic OH excluding ortho intramolecular Hbond substituents is 1. The van der Waals surface area contributed by atoms with Gasteiger partial charge < -0.3 is 27.9 Å². The third kappa shape index (κ3) is 5.64. The van der Waals surface area contributed by atoms with Gasteiger partial charge in [0.15, 0.2) is 5.78 Å². The number of nitrogens with two attached hydrogens (primary N) is 1. The van der Waals surface area contributed by atoms with Gasteiger partial charge in [0.1, 0.15) is 18.4 Å². The normalized spacial score (nSPS) is 11.6. The van der Waals surface area contributed by atoms with E-state index in [1.807, 2.05) is 37.4 Å². The van der Waals surface area contributed by atoms with Crippen LogP contribution in [0.3, 0.4) is 0 Å². The zero-order valence-corrected chi connectivity index (χ0v) is 14.8. The number of aliphatic hydroxyl groups excluding tert-OH is 1. The van der Waals surface area contributed by atoms with Gasteiger partial charge in [-0.2, -0.15) is 0 Å². The second-order valence-corrected chi connectivity index (χ2v) is 5.91. The number of Topliss-reactive ketones (excluding diaryl/α,β-unsaturated/α-hetero) is 1. The number of aryl methyl sites for hydroxylation is 2. The van der Waals surface area contributed by atoms with Crippen LogP contribution in [0, 0.1) is 13.8 Å². The highest BCUT2D eigenvalue weighted by molar-refractivity contribution is 5.96. The Morgan fingerprint density at radius 1 is 1.12 bits per heavy atom. The summed E-state index contributed by atoms with van der Waals surface area (Å²) in [5, 5.41) is 21.5. The molecule has 0 aliphatic rings. The minimum atomic E-state index is -0.529. The van der Waals surface area contributed by atoms with Crippen LogP contribution < -0.4 is 17.7 Å². The van der Waals surface area contributed by atoms with Crippen molar-refractivity contribution in [3.05, 3.63) is 64.7 Å². The average Bonchev–Trinajstić information content (AvgIpc) is 2.54. The van der Waals surface area contributed by atoms with Crippen molar-refractivity contribution in [3.8, 4) is 5.75 Å². The summed E-state index contributed by atoms with van der Waals surface area (Å²) in [7, 11) is 0. The van der Waals surface area contributed by atoms with Gasteiger partial charge in [0, 0.05) is 5.56 Å². The van der Waals surface area contributed by atoms with E-state index in [1.165, 1.54) is 12.1 Å². The van der Waals surface area contributed by atoms with Gasteiger partial charge in [-0.15, -0.1) is 0 Å². The molecule has 0 radical (unpaired) electrons. The standard InChI is InChI=1S/C19H23NO3.ClH/c1-13-3-4-14(2)17(11-13)19(23)12-20-10-9-18(22)15-5-7-16(21)8-6-15;/h3-8,11,19-21,23H,9-10,12H2,1-2H3;1H. The number of aliphatic hydroxyl groups is 1. The summed E-state index contributed by atoms with van der Waals surface area (Å²) in [4.78, 5) is 12.0. The number of carbonyl (C=O) groups excluding carboxylic acids is 1. The van der Waals surface area contributed by atoms with Crippen molar-refractivity contribution in [2.24, 2.45) is 0 Å². The topological polar surface area (TPSA) is 74.1 Å². The highest BCUT2D eigenvalue weighted by Gasteiger charge is 2.13. The first-order valence-corrected chi connectivity index (χ1v) is 7.86. The lowest BCUT2D eigenvalue weighted by Crippen LogP contribution is -3.00. The maximum Gasteiger partial charge on any atom is 0.168 e. The minimum absolute atomic E-state index is 0. The van der Waals surface area contributed by atoms with Crippen LogP contribution in [0.5, 0.6) is 5.75 Å². The number of carbonyl (C=O) groups is 1. The molecular formula is C19H24ClNO3. The maximum absolute atomic E-state index is 12.0. The van der Waals surface area contributed by atoms with Crippen molar-refractivity contribution in [2.45, 2.75) is 26.4 Å². The number of rotatable bonds is 7. The van der Waals surface area contributed by atoms with Crippen LogP contribution in [0.1, 0.15) is 39.6 Å². The Labute approximate surface area is 148 Å². The molecule has 0 spiro atoms. The quantitative estimate of drug-likeness (QED) is 0.438. The molecule has 0 saturated carbocycles. The lowest BCUT2D eigenvalue weighted by atomic mass is 10.0. The Morgan fingerprint density at radius 3 is 2.46 bits per heavy atom. The van der Waals surface area contributed by atoms with Crippen LogP contribution >= 0.6 is 0 Å². The first kappa shape index (κ1) is 20.2. The van der Waals surface area contributed by atoms with Crippen molar-refractivity contribution < 1.29 is 32.7 Å². The van der Waals surface area contributed by atoms with E-state index in [0.717, 1.165) is 16.7 Å². The molecule has 0 aliphatic carbocycles. The van der Waals surface area contributed by atoms with E-state index in [4.69, 9.17) is 0 Å². The molecule has 1 atom stereocenters. The fourth-order valence-electron chi connectivity index (χ4n) is 2.55. The molecule has 5 heteroatoms. The zero-order valence-electron chi connectivity index (χ0n) is 14.0. The Kier molecular flexibility index (Phi) is 7.92. The highest BCUT2D eigenvalue weighted by atomic mass is 35.5. The Hall–Kier alpha value is -1.88. The van der Waals surface area contributed by atoms with E-state index < -0.39 is 6.10 Å². The monoisotopic (exact) mass is 349 g/mol. The molecular weight excluding hydrogens is 326 g/mol. The van der Waals surface area contributed by atoms with Crippen molar-refractivity contribution in [3.63, 3.8) is 0 Å². The van der Waals surface area contributed by atoms with Crippen molar-refractivity contribution >= 4 is 5.78 Å². The molecule has 0 bridgehead atoms. The summed E-state index contributed by atoms with van der Waals surface area (Å²) in [5.74, 6) is 0.201. The van der Waals surface area contributed by atoms with Crippen molar-refractivity contribution in [1.29, 1.82) is 0 Å². The van der Waals surface area contributed by atoms with Crippen LogP contribution in [-0.4, -0.2) is 29.1 Å². The molecule has 0 saturated heterocycles. The van der Waals surface area contributed by atoms with Gasteiger partial charge in [-0.25, -0.2) is 0 Å². The summed E-state index contributed by atoms with van der Waals surface area (Å²) in [6.45, 7) is 5.16. The fraction of sp³-hybridized carbons (Fsp3) is 0.316. The van der Waals surface area contributed by atoms with E-state index in [1.54, 1.807) is 12.1 Å². The Balaban J connectivity index is 0.00000288. The number of phenols is 1. The van der Waals surface area contributed by atoms with Gasteiger partial charge in [0.05, 0.1) is 13.0 Å². The number of aromatic hydroxyl groups is 1. The number of hydrogen-bond donors (Lipinski definition) is 3. The van der Waals surface area contributed by atoms with Crippen molar-refractivity contribution in [2.75, 3.05) is 13.1 Å². The smallest absolute Gasteiger partial charge is 0.168 e. The van der Waals surface area contributed by atoms with E-state index in [2.05, 4.69) is 0 Å². The number of benzene rings is 2. The summed E-state index contributed by atoms with van der Waals surface area (Å²) < 4.78 is 0. The third-order valence-electron chi connectivity index (χ3n) is 3.95. The first-order chi connectivity index (χ1) is 11.0. The van der Waals surface area contributed by atoms with Gasteiger partial charge >= 0.3 is 0 Å². The van der Waals surface area contributed by atoms with Gasteiger partial charge in [-0.1, -0.05) is 23.8 Å². The van der Waals surface area contributed by atoms with E-state index in [-0.39, 0.29) is 23.9 Å². The molecule has 0 amide bonds. The maximum atomic E-state index is 12.0. The lowest BCUT2D eigenvalue weighted by Gasteiger charge is -2.13. The van der Waals surface area contributed by atoms with Crippen LogP contribution in [0.4, 0.5) is 0 Å². The zero-order chi connectivity index (χ0) is 16.8. The molecule has 2 rings (SSSR count). The molecule has 4 nitrogen and oxygen atoms in total. The second-order valence-electron chi connectivity index (χ2n) is 5.91. The number of hydrogen-bond acceptors (Lipinski definition) is 3. The van der Waals surface area contributed by atoms with Gasteiger partial charge in [-0.3, -0.25) is 4.79 Å². The number of ketones is 1. The SMILES string of the molecule is Cc1ccc(C)c(C(O)C[NH2+]CCC(=O)c2ccc(O)cc2)c1.[Cl-]. The second kappa shape index (κ2) is 9.42. The lowest BCUT2D eigenvalue weighted by molar-refractivity contribution is -0.660. The number of quaternary nitrogens is 1. The molecule has 2 aromatic carbocycles. The number of halogens is 1. The molecule has 2 aromatic rings. The fourth-order valence-corrected chi connectivity index (χ4v) is 2.55. The van der Waals surface area contributed by atoms with E-state index >= 15 is 0 Å². The predicted molar refractivity (Wildman–Crippen MR) is 89.6 cm³/mol. The first-order valence-electron chi connectivity index (χ1n) is 7.86. The molecule has 0 fully saturated rings. The predicted octanol–water partition coefficient (Wildman–Crippen LogP) is -1.12. The van der Waals surface area contributed by atoms with E-state index in [0.29, 0.717) is 25.1 Å². The molecule has 0 aliphatic heterocycles. The van der Waals surface area contributed by atoms with Gasteiger partial charge in [-0.05, 0) is 49.2 Å². The molecule has 130 valence electrons. The Bertz CT molecular complexity index is 671. The van der Waals surface area contributed by atoms with Crippen LogP contribution in [0.2, 0.25) is 0 Å². The van der Waals surface area contributed by atoms with Crippen LogP contribution in [0.25, 0.3) is 0 Å². The third-order valence-corrected chi connectivity index (χ3v) is 3.95. The highest BCUT2D eigenvalue weighted by Crippen LogP contribution is 2.17. The molecule has 4 N–H and O–H groups in total. The van der Waals surface area contributed by atoms with Gasteiger partial charge in [0.2, 0.25) is 0 Å².